The van der Waals surface area contributed by atoms with Gasteiger partial charge in [-0.05, 0) is 33.6 Å². The van der Waals surface area contributed by atoms with E-state index in [0.29, 0.717) is 13.0 Å². The van der Waals surface area contributed by atoms with Crippen LogP contribution in [0.3, 0.4) is 0 Å². The molecule has 1 amide bonds. The summed E-state index contributed by atoms with van der Waals surface area (Å²) in [5.41, 5.74) is 4.97. The fourth-order valence-electron chi connectivity index (χ4n) is 0.857. The minimum atomic E-state index is -1.82. The molecule has 0 spiro atoms. The van der Waals surface area contributed by atoms with E-state index in [9.17, 15) is 4.79 Å². The highest BCUT2D eigenvalue weighted by Crippen LogP contribution is 1.81. The van der Waals surface area contributed by atoms with Crippen LogP contribution in [0.2, 0.25) is 0 Å². The molecule has 0 aliphatic carbocycles. The summed E-state index contributed by atoms with van der Waals surface area (Å²) in [6, 6.07) is 0. The lowest BCUT2D eigenvalue weighted by Crippen LogP contribution is -2.25. The van der Waals surface area contributed by atoms with Gasteiger partial charge >= 0.3 is 11.9 Å². The number of carbonyl (C=O) groups excluding carboxylic acids is 1. The number of carboxylic acid groups (broad SMARTS) is 2. The molecule has 18 heavy (non-hydrogen) atoms. The Labute approximate surface area is 106 Å². The molecule has 0 atom stereocenters. The first kappa shape index (κ1) is 18.7. The van der Waals surface area contributed by atoms with E-state index in [-0.39, 0.29) is 5.91 Å². The second-order valence-corrected chi connectivity index (χ2v) is 3.73. The minimum Gasteiger partial charge on any atom is -0.473 e. The van der Waals surface area contributed by atoms with Crippen molar-refractivity contribution in [2.45, 2.75) is 12.8 Å². The van der Waals surface area contributed by atoms with E-state index in [1.54, 1.807) is 0 Å². The second kappa shape index (κ2) is 11.8. The number of primary amides is 1. The van der Waals surface area contributed by atoms with E-state index in [2.05, 4.69) is 10.2 Å². The number of carboxylic acids is 2. The van der Waals surface area contributed by atoms with Crippen LogP contribution in [0.4, 0.5) is 0 Å². The molecule has 0 aromatic carbocycles. The number of hydrogen-bond donors (Lipinski definition) is 4. The average molecular weight is 263 g/mol. The quantitative estimate of drug-likeness (QED) is 0.326. The van der Waals surface area contributed by atoms with Gasteiger partial charge in [0.1, 0.15) is 0 Å². The monoisotopic (exact) mass is 263 g/mol. The Morgan fingerprint density at radius 3 is 1.94 bits per heavy atom. The van der Waals surface area contributed by atoms with Crippen LogP contribution in [-0.2, 0) is 14.4 Å². The lowest BCUT2D eigenvalue weighted by atomic mass is 10.3. The van der Waals surface area contributed by atoms with E-state index >= 15 is 0 Å². The minimum absolute atomic E-state index is 0.241. The molecule has 0 rings (SSSR count). The molecule has 0 fully saturated rings. The predicted molar refractivity (Wildman–Crippen MR) is 65.1 cm³/mol. The zero-order valence-electron chi connectivity index (χ0n) is 10.7. The largest absolute Gasteiger partial charge is 0.473 e. The van der Waals surface area contributed by atoms with Crippen LogP contribution < -0.4 is 11.1 Å². The van der Waals surface area contributed by atoms with Crippen molar-refractivity contribution >= 4 is 17.8 Å². The highest BCUT2D eigenvalue weighted by atomic mass is 16.4. The third kappa shape index (κ3) is 19.8. The molecule has 0 radical (unpaired) electrons. The van der Waals surface area contributed by atoms with Gasteiger partial charge in [-0.2, -0.15) is 0 Å². The lowest BCUT2D eigenvalue weighted by Gasteiger charge is -2.08. The average Bonchev–Trinajstić information content (AvgIpc) is 2.23. The zero-order valence-corrected chi connectivity index (χ0v) is 10.7. The normalized spacial score (nSPS) is 9.50. The third-order valence-electron chi connectivity index (χ3n) is 1.69. The molecule has 0 bridgehead atoms. The summed E-state index contributed by atoms with van der Waals surface area (Å²) in [5.74, 6) is -3.89. The summed E-state index contributed by atoms with van der Waals surface area (Å²) in [5, 5.41) is 17.9. The molecule has 106 valence electrons. The number of amides is 1. The van der Waals surface area contributed by atoms with Gasteiger partial charge in [-0.15, -0.1) is 0 Å². The Morgan fingerprint density at radius 1 is 1.11 bits per heavy atom. The van der Waals surface area contributed by atoms with Gasteiger partial charge in [-0.3, -0.25) is 4.79 Å². The highest BCUT2D eigenvalue weighted by molar-refractivity contribution is 6.27. The molecule has 0 unspecified atom stereocenters. The van der Waals surface area contributed by atoms with Crippen molar-refractivity contribution in [2.75, 3.05) is 33.7 Å². The van der Waals surface area contributed by atoms with Gasteiger partial charge in [0.2, 0.25) is 5.91 Å². The molecule has 0 saturated heterocycles. The number of nitrogens with two attached hydrogens (primary N) is 1. The first-order valence-corrected chi connectivity index (χ1v) is 5.37. The second-order valence-electron chi connectivity index (χ2n) is 3.73. The van der Waals surface area contributed by atoms with Crippen molar-refractivity contribution in [1.29, 1.82) is 0 Å². The van der Waals surface area contributed by atoms with E-state index in [0.717, 1.165) is 19.5 Å². The maximum absolute atomic E-state index is 10.3. The van der Waals surface area contributed by atoms with Crippen molar-refractivity contribution in [2.24, 2.45) is 5.73 Å². The molecular formula is C10H21N3O5. The van der Waals surface area contributed by atoms with Crippen LogP contribution in [0.25, 0.3) is 0 Å². The third-order valence-corrected chi connectivity index (χ3v) is 1.69. The summed E-state index contributed by atoms with van der Waals surface area (Å²) in [6.45, 7) is 2.72. The topological polar surface area (TPSA) is 133 Å². The number of nitrogens with zero attached hydrogens (tertiary/aromatic N) is 1. The number of carbonyl (C=O) groups is 3. The molecule has 5 N–H and O–H groups in total. The molecule has 8 heteroatoms. The fraction of sp³-hybridized carbons (Fsp3) is 0.700. The molecule has 0 heterocycles. The first-order chi connectivity index (χ1) is 8.27. The number of aliphatic carboxylic acids is 2. The zero-order chi connectivity index (χ0) is 14.6. The maximum Gasteiger partial charge on any atom is 0.414 e. The van der Waals surface area contributed by atoms with Crippen molar-refractivity contribution in [3.8, 4) is 0 Å². The number of hydrogen-bond acceptors (Lipinski definition) is 5. The van der Waals surface area contributed by atoms with Crippen molar-refractivity contribution in [1.82, 2.24) is 10.2 Å². The van der Waals surface area contributed by atoms with Crippen molar-refractivity contribution in [3.63, 3.8) is 0 Å². The molecule has 0 aromatic heterocycles. The SMILES string of the molecule is CN(C)CCCNCCC(N)=O.O=C(O)C(=O)O. The van der Waals surface area contributed by atoms with Gasteiger partial charge in [0, 0.05) is 13.0 Å². The van der Waals surface area contributed by atoms with Gasteiger partial charge in [0.15, 0.2) is 0 Å². The Kier molecular flexibility index (Phi) is 12.3. The standard InChI is InChI=1S/C8H19N3O.C2H2O4/c1-11(2)7-3-5-10-6-4-8(9)12;3-1(4)2(5)6/h10H,3-7H2,1-2H3,(H2,9,12);(H,3,4)(H,5,6). The van der Waals surface area contributed by atoms with E-state index in [1.165, 1.54) is 0 Å². The molecule has 0 saturated carbocycles. The van der Waals surface area contributed by atoms with Gasteiger partial charge in [-0.25, -0.2) is 9.59 Å². The van der Waals surface area contributed by atoms with Crippen LogP contribution in [0.1, 0.15) is 12.8 Å². The summed E-state index contributed by atoms with van der Waals surface area (Å²) in [6.07, 6.45) is 1.54. The Balaban J connectivity index is 0. The summed E-state index contributed by atoms with van der Waals surface area (Å²) in [7, 11) is 4.09. The van der Waals surface area contributed by atoms with Gasteiger partial charge in [0.05, 0.1) is 0 Å². The molecule has 0 aromatic rings. The molecular weight excluding hydrogens is 242 g/mol. The maximum atomic E-state index is 10.3. The van der Waals surface area contributed by atoms with Crippen LogP contribution in [0.5, 0.6) is 0 Å². The fourth-order valence-corrected chi connectivity index (χ4v) is 0.857. The smallest absolute Gasteiger partial charge is 0.414 e. The Hall–Kier alpha value is -1.67. The van der Waals surface area contributed by atoms with Crippen molar-refractivity contribution in [3.05, 3.63) is 0 Å². The lowest BCUT2D eigenvalue weighted by molar-refractivity contribution is -0.159. The highest BCUT2D eigenvalue weighted by Gasteiger charge is 2.04. The van der Waals surface area contributed by atoms with Gasteiger partial charge in [-0.1, -0.05) is 0 Å². The Morgan fingerprint density at radius 2 is 1.61 bits per heavy atom. The van der Waals surface area contributed by atoms with Crippen LogP contribution in [-0.4, -0.2) is 66.7 Å². The molecule has 0 aliphatic rings. The van der Waals surface area contributed by atoms with Gasteiger partial charge < -0.3 is 26.2 Å². The van der Waals surface area contributed by atoms with Crippen LogP contribution >= 0.6 is 0 Å². The van der Waals surface area contributed by atoms with E-state index < -0.39 is 11.9 Å². The van der Waals surface area contributed by atoms with Crippen LogP contribution in [0, 0.1) is 0 Å². The summed E-state index contributed by atoms with van der Waals surface area (Å²) in [4.78, 5) is 30.6. The Bertz CT molecular complexity index is 256. The predicted octanol–water partition coefficient (Wildman–Crippen LogP) is -1.44. The number of nitrogens with one attached hydrogen (secondary N) is 1. The molecule has 8 nitrogen and oxygen atoms in total. The van der Waals surface area contributed by atoms with Crippen LogP contribution in [0.15, 0.2) is 0 Å². The summed E-state index contributed by atoms with van der Waals surface area (Å²) < 4.78 is 0. The van der Waals surface area contributed by atoms with E-state index in [4.69, 9.17) is 25.5 Å². The first-order valence-electron chi connectivity index (χ1n) is 5.37. The number of rotatable bonds is 7. The summed E-state index contributed by atoms with van der Waals surface area (Å²) >= 11 is 0. The van der Waals surface area contributed by atoms with Gasteiger partial charge in [0.25, 0.3) is 0 Å². The molecule has 0 aliphatic heterocycles. The van der Waals surface area contributed by atoms with Crippen molar-refractivity contribution < 1.29 is 24.6 Å². The van der Waals surface area contributed by atoms with E-state index in [1.807, 2.05) is 14.1 Å².